The maximum absolute atomic E-state index is 13.1. The van der Waals surface area contributed by atoms with Crippen LogP contribution in [-0.2, 0) is 0 Å². The predicted octanol–water partition coefficient (Wildman–Crippen LogP) is 6.19. The molecule has 1 aliphatic rings. The van der Waals surface area contributed by atoms with Gasteiger partial charge in [-0.1, -0.05) is 75.7 Å². The van der Waals surface area contributed by atoms with Crippen molar-refractivity contribution in [3.05, 3.63) is 64.8 Å². The van der Waals surface area contributed by atoms with Gasteiger partial charge in [0.1, 0.15) is 11.9 Å². The number of ether oxygens (including phenoxy) is 1. The Balaban J connectivity index is 1.90. The number of hydrogen-bond donors (Lipinski definition) is 0. The molecule has 3 atom stereocenters. The fraction of sp³-hybridized carbons (Fsp3) is 0.400. The smallest absolute Gasteiger partial charge is 0.194 e. The van der Waals surface area contributed by atoms with E-state index in [4.69, 9.17) is 4.74 Å². The molecule has 0 bridgehead atoms. The molecular weight excluding hydrogens is 332 g/mol. The van der Waals surface area contributed by atoms with Gasteiger partial charge in [-0.2, -0.15) is 0 Å². The molecule has 27 heavy (non-hydrogen) atoms. The molecule has 1 aliphatic carbocycles. The van der Waals surface area contributed by atoms with E-state index < -0.39 is 0 Å². The quantitative estimate of drug-likeness (QED) is 0.556. The second-order valence-electron chi connectivity index (χ2n) is 8.45. The van der Waals surface area contributed by atoms with E-state index in [0.29, 0.717) is 17.8 Å². The van der Waals surface area contributed by atoms with Crippen LogP contribution in [0, 0.1) is 17.8 Å². The van der Waals surface area contributed by atoms with Crippen molar-refractivity contribution in [2.45, 2.75) is 46.1 Å². The van der Waals surface area contributed by atoms with Crippen LogP contribution in [-0.4, -0.2) is 6.10 Å². The van der Waals surface area contributed by atoms with Crippen LogP contribution in [0.4, 0.5) is 0 Å². The molecule has 2 heteroatoms. The summed E-state index contributed by atoms with van der Waals surface area (Å²) in [5.41, 5.74) is 0.0773. The zero-order valence-corrected chi connectivity index (χ0v) is 16.4. The van der Waals surface area contributed by atoms with Gasteiger partial charge in [-0.25, -0.2) is 0 Å². The lowest BCUT2D eigenvalue weighted by Gasteiger charge is -2.37. The SMILES string of the molecule is CC(C)[C@@H]1CC[C@@H](C)CC1Oc1cc2ccccc2c(=O)c2ccccc12. The lowest BCUT2D eigenvalue weighted by Crippen LogP contribution is -2.36. The van der Waals surface area contributed by atoms with Crippen LogP contribution in [0.15, 0.2) is 59.4 Å². The number of benzene rings is 2. The molecule has 0 N–H and O–H groups in total. The van der Waals surface area contributed by atoms with E-state index in [0.717, 1.165) is 33.7 Å². The topological polar surface area (TPSA) is 26.3 Å². The summed E-state index contributed by atoms with van der Waals surface area (Å²) in [6.45, 7) is 6.91. The maximum atomic E-state index is 13.1. The van der Waals surface area contributed by atoms with Crippen LogP contribution in [0.5, 0.6) is 5.75 Å². The summed E-state index contributed by atoms with van der Waals surface area (Å²) in [6.07, 6.45) is 3.78. The third-order valence-corrected chi connectivity index (χ3v) is 6.17. The van der Waals surface area contributed by atoms with Crippen molar-refractivity contribution in [3.63, 3.8) is 0 Å². The van der Waals surface area contributed by atoms with Crippen LogP contribution >= 0.6 is 0 Å². The van der Waals surface area contributed by atoms with Crippen LogP contribution in [0.25, 0.3) is 21.5 Å². The molecule has 0 heterocycles. The lowest BCUT2D eigenvalue weighted by atomic mass is 9.75. The summed E-state index contributed by atoms with van der Waals surface area (Å²) in [7, 11) is 0. The Kier molecular flexibility index (Phi) is 4.90. The summed E-state index contributed by atoms with van der Waals surface area (Å²) in [5, 5.41) is 3.35. The second-order valence-corrected chi connectivity index (χ2v) is 8.45. The highest BCUT2D eigenvalue weighted by molar-refractivity contribution is 5.97. The van der Waals surface area contributed by atoms with E-state index in [9.17, 15) is 4.79 Å². The van der Waals surface area contributed by atoms with E-state index in [2.05, 4.69) is 26.8 Å². The first-order chi connectivity index (χ1) is 13.0. The Labute approximate surface area is 161 Å². The Hall–Kier alpha value is -2.35. The van der Waals surface area contributed by atoms with Gasteiger partial charge in [0.15, 0.2) is 5.43 Å². The molecule has 0 amide bonds. The highest BCUT2D eigenvalue weighted by Gasteiger charge is 2.32. The minimum Gasteiger partial charge on any atom is -0.489 e. The van der Waals surface area contributed by atoms with Crippen molar-refractivity contribution in [1.82, 2.24) is 0 Å². The van der Waals surface area contributed by atoms with Crippen LogP contribution < -0.4 is 10.2 Å². The van der Waals surface area contributed by atoms with Crippen LogP contribution in [0.1, 0.15) is 40.0 Å². The molecule has 0 radical (unpaired) electrons. The second kappa shape index (κ2) is 7.34. The van der Waals surface area contributed by atoms with E-state index >= 15 is 0 Å². The Morgan fingerprint density at radius 3 is 2.33 bits per heavy atom. The molecule has 1 saturated carbocycles. The van der Waals surface area contributed by atoms with Crippen molar-refractivity contribution in [1.29, 1.82) is 0 Å². The number of hydrogen-bond acceptors (Lipinski definition) is 2. The Morgan fingerprint density at radius 1 is 0.926 bits per heavy atom. The van der Waals surface area contributed by atoms with Gasteiger partial charge in [-0.05, 0) is 42.0 Å². The van der Waals surface area contributed by atoms with E-state index in [-0.39, 0.29) is 11.5 Å². The zero-order valence-electron chi connectivity index (χ0n) is 16.4. The normalized spacial score (nSPS) is 23.0. The average Bonchev–Trinajstić information content (AvgIpc) is 2.78. The molecule has 2 nitrogen and oxygen atoms in total. The van der Waals surface area contributed by atoms with Crippen LogP contribution in [0.2, 0.25) is 0 Å². The fourth-order valence-corrected chi connectivity index (χ4v) is 4.60. The predicted molar refractivity (Wildman–Crippen MR) is 113 cm³/mol. The fourth-order valence-electron chi connectivity index (χ4n) is 4.60. The van der Waals surface area contributed by atoms with E-state index in [1.165, 1.54) is 12.8 Å². The van der Waals surface area contributed by atoms with Gasteiger partial charge in [-0.15, -0.1) is 0 Å². The molecule has 0 spiro atoms. The summed E-state index contributed by atoms with van der Waals surface area (Å²) in [6, 6.07) is 17.7. The highest BCUT2D eigenvalue weighted by Crippen LogP contribution is 2.37. The first kappa shape index (κ1) is 18.0. The summed E-state index contributed by atoms with van der Waals surface area (Å²) >= 11 is 0. The molecular formula is C25H28O2. The van der Waals surface area contributed by atoms with Gasteiger partial charge in [-0.3, -0.25) is 4.79 Å². The molecule has 1 fully saturated rings. The molecule has 1 unspecified atom stereocenters. The first-order valence-electron chi connectivity index (χ1n) is 10.2. The van der Waals surface area contributed by atoms with Crippen LogP contribution in [0.3, 0.4) is 0 Å². The van der Waals surface area contributed by atoms with Gasteiger partial charge in [0.05, 0.1) is 0 Å². The van der Waals surface area contributed by atoms with Crippen molar-refractivity contribution in [2.75, 3.05) is 0 Å². The lowest BCUT2D eigenvalue weighted by molar-refractivity contribution is 0.0473. The van der Waals surface area contributed by atoms with Gasteiger partial charge < -0.3 is 4.74 Å². The van der Waals surface area contributed by atoms with Crippen molar-refractivity contribution in [2.24, 2.45) is 17.8 Å². The van der Waals surface area contributed by atoms with Crippen molar-refractivity contribution >= 4 is 21.5 Å². The third kappa shape index (κ3) is 3.45. The Morgan fingerprint density at radius 2 is 1.59 bits per heavy atom. The summed E-state index contributed by atoms with van der Waals surface area (Å²) in [5.74, 6) is 2.68. The number of fused-ring (bicyclic) bond motifs is 2. The molecule has 0 aromatic heterocycles. The molecule has 0 saturated heterocycles. The number of rotatable bonds is 3. The minimum atomic E-state index is 0.0773. The zero-order chi connectivity index (χ0) is 19.0. The van der Waals surface area contributed by atoms with E-state index in [1.54, 1.807) is 0 Å². The molecule has 4 rings (SSSR count). The summed E-state index contributed by atoms with van der Waals surface area (Å²) < 4.78 is 6.70. The van der Waals surface area contributed by atoms with Gasteiger partial charge in [0.25, 0.3) is 0 Å². The monoisotopic (exact) mass is 360 g/mol. The molecule has 3 aromatic carbocycles. The highest BCUT2D eigenvalue weighted by atomic mass is 16.5. The van der Waals surface area contributed by atoms with Crippen molar-refractivity contribution < 1.29 is 4.74 Å². The summed E-state index contributed by atoms with van der Waals surface area (Å²) in [4.78, 5) is 13.1. The third-order valence-electron chi connectivity index (χ3n) is 6.17. The molecule has 0 aliphatic heterocycles. The molecule has 3 aromatic rings. The minimum absolute atomic E-state index is 0.0773. The first-order valence-corrected chi connectivity index (χ1v) is 10.2. The average molecular weight is 360 g/mol. The van der Waals surface area contributed by atoms with Gasteiger partial charge in [0.2, 0.25) is 0 Å². The largest absolute Gasteiger partial charge is 0.489 e. The van der Waals surface area contributed by atoms with Gasteiger partial charge in [0, 0.05) is 16.2 Å². The maximum Gasteiger partial charge on any atom is 0.194 e. The van der Waals surface area contributed by atoms with Crippen molar-refractivity contribution in [3.8, 4) is 5.75 Å². The Bertz CT molecular complexity index is 1020. The van der Waals surface area contributed by atoms with E-state index in [1.807, 2.05) is 48.5 Å². The van der Waals surface area contributed by atoms with Gasteiger partial charge >= 0.3 is 0 Å². The molecule has 140 valence electrons. The standard InChI is InChI=1S/C25H28O2/c1-16(2)19-13-12-17(3)14-23(19)27-24-15-18-8-4-5-9-20(18)25(26)22-11-7-6-10-21(22)24/h4-11,15-17,19,23H,12-14H2,1-3H3/t17-,19+,23?/m1/s1.